The van der Waals surface area contributed by atoms with Gasteiger partial charge in [0.05, 0.1) is 0 Å². The molecule has 1 atom stereocenters. The molecule has 98 valence electrons. The Kier molecular flexibility index (Phi) is 3.02. The SMILES string of the molecule is Cc1cc(N2CC(S(=O)(=O)F)CC2=O)ccc1N. The van der Waals surface area contributed by atoms with Crippen LogP contribution >= 0.6 is 0 Å². The number of nitrogens with two attached hydrogens (primary N) is 1. The largest absolute Gasteiger partial charge is 0.399 e. The fourth-order valence-electron chi connectivity index (χ4n) is 1.94. The number of nitrogens with zero attached hydrogens (tertiary/aromatic N) is 1. The number of hydrogen-bond acceptors (Lipinski definition) is 4. The van der Waals surface area contributed by atoms with Crippen molar-refractivity contribution in [2.75, 3.05) is 17.2 Å². The maximum Gasteiger partial charge on any atom is 0.307 e. The maximum absolute atomic E-state index is 12.9. The second-order valence-electron chi connectivity index (χ2n) is 4.35. The third-order valence-corrected chi connectivity index (χ3v) is 4.16. The lowest BCUT2D eigenvalue weighted by atomic mass is 10.2. The van der Waals surface area contributed by atoms with Crippen LogP contribution in [0.25, 0.3) is 0 Å². The lowest BCUT2D eigenvalue weighted by molar-refractivity contribution is -0.117. The predicted molar refractivity (Wildman–Crippen MR) is 66.4 cm³/mol. The van der Waals surface area contributed by atoms with Gasteiger partial charge in [0.25, 0.3) is 0 Å². The van der Waals surface area contributed by atoms with Gasteiger partial charge in [0.1, 0.15) is 5.25 Å². The van der Waals surface area contributed by atoms with Crippen molar-refractivity contribution >= 4 is 27.5 Å². The first kappa shape index (κ1) is 12.8. The van der Waals surface area contributed by atoms with Crippen LogP contribution in [0.5, 0.6) is 0 Å². The molecule has 1 aromatic carbocycles. The molecule has 18 heavy (non-hydrogen) atoms. The topological polar surface area (TPSA) is 80.5 Å². The van der Waals surface area contributed by atoms with E-state index in [1.54, 1.807) is 25.1 Å². The van der Waals surface area contributed by atoms with Crippen molar-refractivity contribution in [2.24, 2.45) is 0 Å². The smallest absolute Gasteiger partial charge is 0.307 e. The van der Waals surface area contributed by atoms with Crippen molar-refractivity contribution in [1.29, 1.82) is 0 Å². The molecule has 1 fully saturated rings. The zero-order chi connectivity index (χ0) is 13.5. The van der Waals surface area contributed by atoms with E-state index < -0.39 is 21.4 Å². The molecule has 0 aliphatic carbocycles. The van der Waals surface area contributed by atoms with Gasteiger partial charge in [0.15, 0.2) is 0 Å². The van der Waals surface area contributed by atoms with Gasteiger partial charge in [0, 0.05) is 24.3 Å². The van der Waals surface area contributed by atoms with Crippen molar-refractivity contribution in [1.82, 2.24) is 0 Å². The van der Waals surface area contributed by atoms with Gasteiger partial charge >= 0.3 is 10.2 Å². The molecule has 0 bridgehead atoms. The number of anilines is 2. The number of aryl methyl sites for hydroxylation is 1. The minimum Gasteiger partial charge on any atom is -0.399 e. The highest BCUT2D eigenvalue weighted by Gasteiger charge is 2.39. The summed E-state index contributed by atoms with van der Waals surface area (Å²) in [4.78, 5) is 13.0. The van der Waals surface area contributed by atoms with Gasteiger partial charge in [-0.1, -0.05) is 0 Å². The van der Waals surface area contributed by atoms with Crippen LogP contribution in [0.2, 0.25) is 0 Å². The molecular weight excluding hydrogens is 259 g/mol. The molecule has 2 rings (SSSR count). The van der Waals surface area contributed by atoms with Crippen LogP contribution in [-0.2, 0) is 15.0 Å². The molecule has 0 radical (unpaired) electrons. The normalized spacial score (nSPS) is 20.4. The van der Waals surface area contributed by atoms with E-state index in [1.165, 1.54) is 4.90 Å². The predicted octanol–water partition coefficient (Wildman–Crippen LogP) is 0.982. The van der Waals surface area contributed by atoms with Crippen molar-refractivity contribution < 1.29 is 17.1 Å². The van der Waals surface area contributed by atoms with Gasteiger partial charge in [-0.05, 0) is 30.7 Å². The minimum absolute atomic E-state index is 0.152. The molecule has 1 heterocycles. The summed E-state index contributed by atoms with van der Waals surface area (Å²) in [6.45, 7) is 1.63. The Morgan fingerprint density at radius 2 is 2.11 bits per heavy atom. The molecule has 0 spiro atoms. The van der Waals surface area contributed by atoms with E-state index in [1.807, 2.05) is 0 Å². The zero-order valence-corrected chi connectivity index (χ0v) is 10.6. The standard InChI is InChI=1S/C11H13FN2O3S/c1-7-4-8(2-3-10(7)13)14-6-9(5-11(14)15)18(12,16)17/h2-4,9H,5-6,13H2,1H3. The van der Waals surface area contributed by atoms with Gasteiger partial charge in [-0.2, -0.15) is 8.42 Å². The summed E-state index contributed by atoms with van der Waals surface area (Å²) in [5, 5.41) is -1.28. The highest BCUT2D eigenvalue weighted by molar-refractivity contribution is 7.87. The Morgan fingerprint density at radius 1 is 1.44 bits per heavy atom. The van der Waals surface area contributed by atoms with Crippen LogP contribution in [0, 0.1) is 6.92 Å². The van der Waals surface area contributed by atoms with E-state index in [2.05, 4.69) is 0 Å². The van der Waals surface area contributed by atoms with Gasteiger partial charge in [0.2, 0.25) is 5.91 Å². The average molecular weight is 272 g/mol. The van der Waals surface area contributed by atoms with E-state index in [-0.39, 0.29) is 13.0 Å². The lowest BCUT2D eigenvalue weighted by Crippen LogP contribution is -2.26. The number of benzene rings is 1. The molecule has 0 saturated carbocycles. The Balaban J connectivity index is 2.30. The van der Waals surface area contributed by atoms with Crippen molar-refractivity contribution in [3.05, 3.63) is 23.8 Å². The Labute approximate surface area is 105 Å². The van der Waals surface area contributed by atoms with Crippen molar-refractivity contribution in [3.63, 3.8) is 0 Å². The van der Waals surface area contributed by atoms with Crippen LogP contribution in [0.4, 0.5) is 15.3 Å². The molecule has 7 heteroatoms. The molecule has 2 N–H and O–H groups in total. The summed E-state index contributed by atoms with van der Waals surface area (Å²) in [7, 11) is -4.68. The third kappa shape index (κ3) is 2.31. The first-order chi connectivity index (χ1) is 8.29. The molecule has 1 aliphatic heterocycles. The van der Waals surface area contributed by atoms with E-state index in [4.69, 9.17) is 5.73 Å². The maximum atomic E-state index is 12.9. The first-order valence-electron chi connectivity index (χ1n) is 5.39. The van der Waals surface area contributed by atoms with Gasteiger partial charge in [-0.25, -0.2) is 0 Å². The van der Waals surface area contributed by atoms with Crippen LogP contribution in [-0.4, -0.2) is 26.1 Å². The Morgan fingerprint density at radius 3 is 2.61 bits per heavy atom. The molecule has 5 nitrogen and oxygen atoms in total. The fourth-order valence-corrected chi connectivity index (χ4v) is 2.61. The summed E-state index contributed by atoms with van der Waals surface area (Å²) in [6.07, 6.45) is -0.317. The van der Waals surface area contributed by atoms with E-state index in [0.717, 1.165) is 5.56 Å². The van der Waals surface area contributed by atoms with Crippen LogP contribution in [0.1, 0.15) is 12.0 Å². The minimum atomic E-state index is -4.68. The molecule has 1 amide bonds. The summed E-state index contributed by atoms with van der Waals surface area (Å²) < 4.78 is 34.5. The van der Waals surface area contributed by atoms with E-state index >= 15 is 0 Å². The van der Waals surface area contributed by atoms with E-state index in [0.29, 0.717) is 11.4 Å². The second-order valence-corrected chi connectivity index (χ2v) is 5.96. The molecule has 1 aromatic rings. The number of nitrogen functional groups attached to an aromatic ring is 1. The van der Waals surface area contributed by atoms with E-state index in [9.17, 15) is 17.1 Å². The average Bonchev–Trinajstić information content (AvgIpc) is 2.64. The monoisotopic (exact) mass is 272 g/mol. The third-order valence-electron chi connectivity index (χ3n) is 3.05. The summed E-state index contributed by atoms with van der Waals surface area (Å²) >= 11 is 0. The fraction of sp³-hybridized carbons (Fsp3) is 0.364. The summed E-state index contributed by atoms with van der Waals surface area (Å²) in [5.41, 5.74) is 7.57. The van der Waals surface area contributed by atoms with Gasteiger partial charge in [-0.3, -0.25) is 4.79 Å². The summed E-state index contributed by atoms with van der Waals surface area (Å²) in [6, 6.07) is 4.93. The molecule has 0 aromatic heterocycles. The van der Waals surface area contributed by atoms with Crippen molar-refractivity contribution in [2.45, 2.75) is 18.6 Å². The van der Waals surface area contributed by atoms with Gasteiger partial charge < -0.3 is 10.6 Å². The molecule has 1 aliphatic rings. The Bertz CT molecular complexity index is 600. The highest BCUT2D eigenvalue weighted by Crippen LogP contribution is 2.27. The number of hydrogen-bond donors (Lipinski definition) is 1. The molecular formula is C11H13FN2O3S. The quantitative estimate of drug-likeness (QED) is 0.643. The molecule has 1 unspecified atom stereocenters. The molecule has 1 saturated heterocycles. The highest BCUT2D eigenvalue weighted by atomic mass is 32.3. The second kappa shape index (κ2) is 4.24. The number of amides is 1. The van der Waals surface area contributed by atoms with Crippen molar-refractivity contribution in [3.8, 4) is 0 Å². The number of carbonyl (C=O) groups is 1. The lowest BCUT2D eigenvalue weighted by Gasteiger charge is -2.17. The number of carbonyl (C=O) groups excluding carboxylic acids is 1. The van der Waals surface area contributed by atoms with Crippen LogP contribution in [0.15, 0.2) is 18.2 Å². The van der Waals surface area contributed by atoms with Crippen LogP contribution in [0.3, 0.4) is 0 Å². The van der Waals surface area contributed by atoms with Gasteiger partial charge in [-0.15, -0.1) is 3.89 Å². The number of rotatable bonds is 2. The Hall–Kier alpha value is -1.63. The zero-order valence-electron chi connectivity index (χ0n) is 9.76. The van der Waals surface area contributed by atoms with Crippen LogP contribution < -0.4 is 10.6 Å². The number of halogens is 1. The first-order valence-corrected chi connectivity index (χ1v) is 6.83. The summed E-state index contributed by atoms with van der Waals surface area (Å²) in [5.74, 6) is -0.398.